The van der Waals surface area contributed by atoms with Gasteiger partial charge in [0.1, 0.15) is 0 Å². The van der Waals surface area contributed by atoms with E-state index in [1.54, 1.807) is 30.5 Å². The first-order valence-electron chi connectivity index (χ1n) is 5.81. The lowest BCUT2D eigenvalue weighted by Gasteiger charge is -2.08. The predicted molar refractivity (Wildman–Crippen MR) is 71.7 cm³/mol. The molecule has 4 N–H and O–H groups in total. The zero-order valence-electron chi connectivity index (χ0n) is 10.5. The third-order valence-electron chi connectivity index (χ3n) is 2.72. The minimum absolute atomic E-state index is 0.116. The van der Waals surface area contributed by atoms with E-state index < -0.39 is 10.0 Å². The van der Waals surface area contributed by atoms with Gasteiger partial charge in [-0.3, -0.25) is 0 Å². The summed E-state index contributed by atoms with van der Waals surface area (Å²) in [5.41, 5.74) is 7.32. The number of benzene rings is 1. The number of aromatic nitrogens is 2. The lowest BCUT2D eigenvalue weighted by molar-refractivity contribution is 0.580. The molecule has 0 aliphatic carbocycles. The Bertz CT molecular complexity index is 618. The smallest absolute Gasteiger partial charge is 0.240 e. The van der Waals surface area contributed by atoms with Gasteiger partial charge in [0.2, 0.25) is 10.0 Å². The first-order valence-corrected chi connectivity index (χ1v) is 7.30. The second-order valence-corrected chi connectivity index (χ2v) is 6.03. The summed E-state index contributed by atoms with van der Waals surface area (Å²) in [7, 11) is -3.52. The highest BCUT2D eigenvalue weighted by Gasteiger charge is 2.14. The molecular weight excluding hydrogens is 264 g/mol. The molecule has 0 saturated heterocycles. The molecule has 1 atom stereocenters. The predicted octanol–water partition coefficient (Wildman–Crippen LogP) is 0.908. The van der Waals surface area contributed by atoms with Crippen LogP contribution in [0.25, 0.3) is 0 Å². The first-order chi connectivity index (χ1) is 8.99. The Morgan fingerprint density at radius 1 is 1.37 bits per heavy atom. The highest BCUT2D eigenvalue weighted by Crippen LogP contribution is 2.14. The molecule has 0 spiro atoms. The van der Waals surface area contributed by atoms with E-state index >= 15 is 0 Å². The topological polar surface area (TPSA) is 101 Å². The molecule has 0 amide bonds. The third-order valence-corrected chi connectivity index (χ3v) is 4.14. The summed E-state index contributed by atoms with van der Waals surface area (Å²) in [5, 5.41) is 0. The van der Waals surface area contributed by atoms with Gasteiger partial charge in [-0.05, 0) is 24.6 Å². The molecule has 0 bridgehead atoms. The molecule has 0 aliphatic heterocycles. The number of hydrogen-bond acceptors (Lipinski definition) is 4. The molecule has 2 rings (SSSR count). The van der Waals surface area contributed by atoms with Gasteiger partial charge in [-0.2, -0.15) is 0 Å². The largest absolute Gasteiger partial charge is 0.347 e. The summed E-state index contributed by atoms with van der Waals surface area (Å²) in [6.07, 6.45) is 3.07. The lowest BCUT2D eigenvalue weighted by atomic mass is 10.1. The fourth-order valence-corrected chi connectivity index (χ4v) is 2.59. The highest BCUT2D eigenvalue weighted by atomic mass is 32.2. The summed E-state index contributed by atoms with van der Waals surface area (Å²) in [6, 6.07) is 6.42. The van der Waals surface area contributed by atoms with Crippen LogP contribution in [0.1, 0.15) is 24.2 Å². The summed E-state index contributed by atoms with van der Waals surface area (Å²) < 4.78 is 26.6. The van der Waals surface area contributed by atoms with Crippen LogP contribution < -0.4 is 10.5 Å². The van der Waals surface area contributed by atoms with Crippen LogP contribution >= 0.6 is 0 Å². The van der Waals surface area contributed by atoms with Crippen LogP contribution in [0.5, 0.6) is 0 Å². The van der Waals surface area contributed by atoms with Crippen LogP contribution in [0.15, 0.2) is 41.7 Å². The Morgan fingerprint density at radius 3 is 2.58 bits per heavy atom. The van der Waals surface area contributed by atoms with Crippen molar-refractivity contribution in [3.8, 4) is 0 Å². The summed E-state index contributed by atoms with van der Waals surface area (Å²) >= 11 is 0. The molecule has 0 saturated carbocycles. The maximum atomic E-state index is 12.0. The van der Waals surface area contributed by atoms with Crippen molar-refractivity contribution in [2.75, 3.05) is 0 Å². The van der Waals surface area contributed by atoms with Gasteiger partial charge < -0.3 is 10.7 Å². The van der Waals surface area contributed by atoms with E-state index in [2.05, 4.69) is 14.7 Å². The van der Waals surface area contributed by atoms with E-state index in [0.29, 0.717) is 5.69 Å². The van der Waals surface area contributed by atoms with Gasteiger partial charge in [0, 0.05) is 17.9 Å². The molecule has 1 unspecified atom stereocenters. The number of hydrogen-bond donors (Lipinski definition) is 3. The number of sulfonamides is 1. The van der Waals surface area contributed by atoms with Crippen molar-refractivity contribution in [1.29, 1.82) is 0 Å². The molecule has 0 radical (unpaired) electrons. The van der Waals surface area contributed by atoms with Gasteiger partial charge in [0.15, 0.2) is 0 Å². The molecular formula is C12H16N4O2S. The average molecular weight is 280 g/mol. The lowest BCUT2D eigenvalue weighted by Crippen LogP contribution is -2.23. The monoisotopic (exact) mass is 280 g/mol. The standard InChI is InChI=1S/C12H16N4O2S/c1-9(13)10-2-4-12(5-3-10)19(17,18)16-7-11-6-14-8-15-11/h2-6,8-9,16H,7,13H2,1H3,(H,14,15). The number of rotatable bonds is 5. The Labute approximate surface area is 112 Å². The maximum Gasteiger partial charge on any atom is 0.240 e. The van der Waals surface area contributed by atoms with Gasteiger partial charge in [-0.15, -0.1) is 0 Å². The van der Waals surface area contributed by atoms with E-state index in [1.165, 1.54) is 6.33 Å². The minimum Gasteiger partial charge on any atom is -0.347 e. The van der Waals surface area contributed by atoms with Gasteiger partial charge in [0.05, 0.1) is 17.8 Å². The zero-order valence-corrected chi connectivity index (χ0v) is 11.3. The quantitative estimate of drug-likeness (QED) is 0.757. The molecule has 0 fully saturated rings. The Kier molecular flexibility index (Phi) is 3.98. The fourth-order valence-electron chi connectivity index (χ4n) is 1.59. The molecule has 0 aliphatic rings. The van der Waals surface area contributed by atoms with Crippen molar-refractivity contribution in [2.24, 2.45) is 5.73 Å². The normalized spacial score (nSPS) is 13.4. The van der Waals surface area contributed by atoms with Crippen LogP contribution in [0, 0.1) is 0 Å². The molecule has 102 valence electrons. The second-order valence-electron chi connectivity index (χ2n) is 4.26. The van der Waals surface area contributed by atoms with Crippen molar-refractivity contribution in [2.45, 2.75) is 24.4 Å². The number of nitrogens with one attached hydrogen (secondary N) is 2. The summed E-state index contributed by atoms with van der Waals surface area (Å²) in [5.74, 6) is 0. The van der Waals surface area contributed by atoms with E-state index in [-0.39, 0.29) is 17.5 Å². The molecule has 19 heavy (non-hydrogen) atoms. The Morgan fingerprint density at radius 2 is 2.05 bits per heavy atom. The average Bonchev–Trinajstić information content (AvgIpc) is 2.90. The zero-order chi connectivity index (χ0) is 13.9. The third kappa shape index (κ3) is 3.40. The molecule has 1 aromatic heterocycles. The SMILES string of the molecule is CC(N)c1ccc(S(=O)(=O)NCc2cnc[nH]2)cc1. The van der Waals surface area contributed by atoms with Crippen molar-refractivity contribution < 1.29 is 8.42 Å². The second kappa shape index (κ2) is 5.52. The van der Waals surface area contributed by atoms with Gasteiger partial charge in [-0.25, -0.2) is 18.1 Å². The van der Waals surface area contributed by atoms with Crippen molar-refractivity contribution >= 4 is 10.0 Å². The minimum atomic E-state index is -3.52. The molecule has 2 aromatic rings. The number of H-pyrrole nitrogens is 1. The van der Waals surface area contributed by atoms with Crippen molar-refractivity contribution in [1.82, 2.24) is 14.7 Å². The van der Waals surface area contributed by atoms with E-state index in [0.717, 1.165) is 5.56 Å². The molecule has 6 nitrogen and oxygen atoms in total. The number of aromatic amines is 1. The van der Waals surface area contributed by atoms with Crippen LogP contribution in [0.4, 0.5) is 0 Å². The van der Waals surface area contributed by atoms with Crippen LogP contribution in [-0.2, 0) is 16.6 Å². The van der Waals surface area contributed by atoms with Gasteiger partial charge in [0.25, 0.3) is 0 Å². The molecule has 7 heteroatoms. The van der Waals surface area contributed by atoms with Crippen LogP contribution in [0.3, 0.4) is 0 Å². The summed E-state index contributed by atoms with van der Waals surface area (Å²) in [6.45, 7) is 2.03. The van der Waals surface area contributed by atoms with Crippen LogP contribution in [-0.4, -0.2) is 18.4 Å². The number of nitrogens with two attached hydrogens (primary N) is 1. The Balaban J connectivity index is 2.10. The van der Waals surface area contributed by atoms with Gasteiger partial charge >= 0.3 is 0 Å². The number of imidazole rings is 1. The van der Waals surface area contributed by atoms with Crippen molar-refractivity contribution in [3.05, 3.63) is 48.0 Å². The van der Waals surface area contributed by atoms with Crippen LogP contribution in [0.2, 0.25) is 0 Å². The van der Waals surface area contributed by atoms with E-state index in [4.69, 9.17) is 5.73 Å². The first kappa shape index (κ1) is 13.7. The maximum absolute atomic E-state index is 12.0. The summed E-state index contributed by atoms with van der Waals surface area (Å²) in [4.78, 5) is 6.87. The van der Waals surface area contributed by atoms with Gasteiger partial charge in [-0.1, -0.05) is 12.1 Å². The fraction of sp³-hybridized carbons (Fsp3) is 0.250. The molecule has 1 aromatic carbocycles. The van der Waals surface area contributed by atoms with Crippen molar-refractivity contribution in [3.63, 3.8) is 0 Å². The van der Waals surface area contributed by atoms with E-state index in [9.17, 15) is 8.42 Å². The number of nitrogens with zero attached hydrogens (tertiary/aromatic N) is 1. The van der Waals surface area contributed by atoms with E-state index in [1.807, 2.05) is 6.92 Å². The molecule has 1 heterocycles. The highest BCUT2D eigenvalue weighted by molar-refractivity contribution is 7.89. The Hall–Kier alpha value is -1.70.